The molecule has 0 spiro atoms. The molecule has 2 unspecified atom stereocenters. The number of hydrogen-bond acceptors (Lipinski definition) is 6. The molecule has 0 aromatic heterocycles. The molecule has 0 heterocycles. The molecule has 0 radical (unpaired) electrons. The monoisotopic (exact) mass is 318 g/mol. The van der Waals surface area contributed by atoms with Crippen molar-refractivity contribution in [3.05, 3.63) is 0 Å². The highest BCUT2D eigenvalue weighted by atomic mass is 16.5. The SMILES string of the molecule is CC(O)CCCCOC(=O)CCC(=O)OCCCCC(C)O. The molecule has 0 amide bonds. The van der Waals surface area contributed by atoms with Gasteiger partial charge in [-0.15, -0.1) is 0 Å². The van der Waals surface area contributed by atoms with Crippen LogP contribution < -0.4 is 0 Å². The van der Waals surface area contributed by atoms with Crippen molar-refractivity contribution >= 4 is 11.9 Å². The highest BCUT2D eigenvalue weighted by Crippen LogP contribution is 2.03. The first kappa shape index (κ1) is 20.9. The number of rotatable bonds is 13. The fraction of sp³-hybridized carbons (Fsp3) is 0.875. The fourth-order valence-corrected chi connectivity index (χ4v) is 1.80. The molecule has 0 fully saturated rings. The smallest absolute Gasteiger partial charge is 0.306 e. The summed E-state index contributed by atoms with van der Waals surface area (Å²) >= 11 is 0. The second-order valence-electron chi connectivity index (χ2n) is 5.63. The lowest BCUT2D eigenvalue weighted by Gasteiger charge is -2.07. The summed E-state index contributed by atoms with van der Waals surface area (Å²) in [5.74, 6) is -0.800. The predicted octanol–water partition coefficient (Wildman–Crippen LogP) is 1.96. The molecular weight excluding hydrogens is 288 g/mol. The molecular formula is C16H30O6. The maximum Gasteiger partial charge on any atom is 0.306 e. The van der Waals surface area contributed by atoms with Crippen molar-refractivity contribution in [2.45, 2.75) is 77.4 Å². The first-order chi connectivity index (χ1) is 10.4. The molecule has 0 aliphatic rings. The van der Waals surface area contributed by atoms with Crippen molar-refractivity contribution in [1.82, 2.24) is 0 Å². The molecule has 0 bridgehead atoms. The van der Waals surface area contributed by atoms with E-state index in [1.807, 2.05) is 0 Å². The van der Waals surface area contributed by atoms with E-state index >= 15 is 0 Å². The number of carbonyl (C=O) groups is 2. The summed E-state index contributed by atoms with van der Waals surface area (Å²) in [5, 5.41) is 18.1. The van der Waals surface area contributed by atoms with Gasteiger partial charge in [-0.05, 0) is 52.4 Å². The Bertz CT molecular complexity index is 271. The van der Waals surface area contributed by atoms with E-state index in [9.17, 15) is 9.59 Å². The minimum absolute atomic E-state index is 0.0307. The van der Waals surface area contributed by atoms with Crippen LogP contribution in [0.1, 0.15) is 65.2 Å². The van der Waals surface area contributed by atoms with Gasteiger partial charge in [-0.25, -0.2) is 0 Å². The lowest BCUT2D eigenvalue weighted by molar-refractivity contribution is -0.150. The largest absolute Gasteiger partial charge is 0.466 e. The van der Waals surface area contributed by atoms with Gasteiger partial charge in [0.2, 0.25) is 0 Å². The number of esters is 2. The van der Waals surface area contributed by atoms with Gasteiger partial charge in [0.25, 0.3) is 0 Å². The zero-order valence-corrected chi connectivity index (χ0v) is 13.8. The number of unbranched alkanes of at least 4 members (excludes halogenated alkanes) is 2. The summed E-state index contributed by atoms with van der Waals surface area (Å²) in [4.78, 5) is 22.8. The van der Waals surface area contributed by atoms with Crippen LogP contribution >= 0.6 is 0 Å². The van der Waals surface area contributed by atoms with Crippen LogP contribution in [0, 0.1) is 0 Å². The molecule has 22 heavy (non-hydrogen) atoms. The standard InChI is InChI=1S/C16H30O6/c1-13(17)7-3-5-11-21-15(19)9-10-16(20)22-12-6-4-8-14(2)18/h13-14,17-18H,3-12H2,1-2H3. The van der Waals surface area contributed by atoms with Crippen molar-refractivity contribution in [3.63, 3.8) is 0 Å². The fourth-order valence-electron chi connectivity index (χ4n) is 1.80. The third-order valence-corrected chi connectivity index (χ3v) is 3.09. The molecule has 0 aliphatic carbocycles. The quantitative estimate of drug-likeness (QED) is 0.398. The van der Waals surface area contributed by atoms with Crippen molar-refractivity contribution in [3.8, 4) is 0 Å². The molecule has 0 saturated heterocycles. The van der Waals surface area contributed by atoms with Crippen molar-refractivity contribution in [2.75, 3.05) is 13.2 Å². The van der Waals surface area contributed by atoms with Crippen molar-refractivity contribution in [1.29, 1.82) is 0 Å². The van der Waals surface area contributed by atoms with E-state index in [1.54, 1.807) is 13.8 Å². The topological polar surface area (TPSA) is 93.1 Å². The lowest BCUT2D eigenvalue weighted by Crippen LogP contribution is -2.12. The van der Waals surface area contributed by atoms with Crippen LogP contribution in [-0.2, 0) is 19.1 Å². The molecule has 0 saturated carbocycles. The van der Waals surface area contributed by atoms with E-state index in [0.717, 1.165) is 12.8 Å². The Morgan fingerprint density at radius 3 is 1.45 bits per heavy atom. The third kappa shape index (κ3) is 15.3. The molecule has 0 aromatic rings. The van der Waals surface area contributed by atoms with Gasteiger partial charge in [-0.3, -0.25) is 9.59 Å². The Kier molecular flexibility index (Phi) is 12.8. The first-order valence-electron chi connectivity index (χ1n) is 8.09. The minimum Gasteiger partial charge on any atom is -0.466 e. The Hall–Kier alpha value is -1.14. The lowest BCUT2D eigenvalue weighted by atomic mass is 10.2. The zero-order chi connectivity index (χ0) is 16.8. The van der Waals surface area contributed by atoms with E-state index in [-0.39, 0.29) is 25.0 Å². The zero-order valence-electron chi connectivity index (χ0n) is 13.8. The van der Waals surface area contributed by atoms with Crippen LogP contribution in [0.25, 0.3) is 0 Å². The second kappa shape index (κ2) is 13.5. The van der Waals surface area contributed by atoms with E-state index in [1.165, 1.54) is 0 Å². The molecule has 6 heteroatoms. The molecule has 0 aliphatic heterocycles. The predicted molar refractivity (Wildman–Crippen MR) is 82.2 cm³/mol. The van der Waals surface area contributed by atoms with Gasteiger partial charge in [0.15, 0.2) is 0 Å². The van der Waals surface area contributed by atoms with Crippen LogP contribution in [0.3, 0.4) is 0 Å². The van der Waals surface area contributed by atoms with Gasteiger partial charge in [-0.2, -0.15) is 0 Å². The molecule has 0 rings (SSSR count). The summed E-state index contributed by atoms with van der Waals surface area (Å²) < 4.78 is 9.97. The Morgan fingerprint density at radius 2 is 1.14 bits per heavy atom. The van der Waals surface area contributed by atoms with Crippen LogP contribution in [0.4, 0.5) is 0 Å². The van der Waals surface area contributed by atoms with Gasteiger partial charge in [-0.1, -0.05) is 0 Å². The van der Waals surface area contributed by atoms with Crippen molar-refractivity contribution < 1.29 is 29.3 Å². The Morgan fingerprint density at radius 1 is 0.773 bits per heavy atom. The summed E-state index contributed by atoms with van der Waals surface area (Å²) in [6.07, 6.45) is 3.83. The molecule has 2 N–H and O–H groups in total. The maximum absolute atomic E-state index is 11.4. The van der Waals surface area contributed by atoms with Crippen LogP contribution in [0.15, 0.2) is 0 Å². The van der Waals surface area contributed by atoms with Gasteiger partial charge >= 0.3 is 11.9 Å². The third-order valence-electron chi connectivity index (χ3n) is 3.09. The van der Waals surface area contributed by atoms with Crippen LogP contribution in [0.5, 0.6) is 0 Å². The number of aliphatic hydroxyl groups excluding tert-OH is 2. The summed E-state index contributed by atoms with van der Waals surface area (Å²) in [6.45, 7) is 4.09. The minimum atomic E-state index is -0.400. The summed E-state index contributed by atoms with van der Waals surface area (Å²) in [6, 6.07) is 0. The van der Waals surface area contributed by atoms with Gasteiger partial charge in [0.05, 0.1) is 38.3 Å². The number of hydrogen-bond donors (Lipinski definition) is 2. The average molecular weight is 318 g/mol. The second-order valence-corrected chi connectivity index (χ2v) is 5.63. The number of carbonyl (C=O) groups excluding carboxylic acids is 2. The highest BCUT2D eigenvalue weighted by Gasteiger charge is 2.09. The van der Waals surface area contributed by atoms with E-state index in [4.69, 9.17) is 19.7 Å². The average Bonchev–Trinajstić information content (AvgIpc) is 2.43. The first-order valence-corrected chi connectivity index (χ1v) is 8.09. The van der Waals surface area contributed by atoms with Crippen molar-refractivity contribution in [2.24, 2.45) is 0 Å². The van der Waals surface area contributed by atoms with Gasteiger partial charge in [0.1, 0.15) is 0 Å². The van der Waals surface area contributed by atoms with E-state index in [2.05, 4.69) is 0 Å². The van der Waals surface area contributed by atoms with E-state index in [0.29, 0.717) is 38.9 Å². The Balaban J connectivity index is 3.43. The van der Waals surface area contributed by atoms with Crippen LogP contribution in [-0.4, -0.2) is 47.6 Å². The molecule has 0 aromatic carbocycles. The molecule has 130 valence electrons. The van der Waals surface area contributed by atoms with Gasteiger partial charge in [0, 0.05) is 0 Å². The summed E-state index contributed by atoms with van der Waals surface area (Å²) in [7, 11) is 0. The highest BCUT2D eigenvalue weighted by molar-refractivity contribution is 5.77. The Labute approximate surface area is 132 Å². The molecule has 2 atom stereocenters. The maximum atomic E-state index is 11.4. The molecule has 6 nitrogen and oxygen atoms in total. The van der Waals surface area contributed by atoms with E-state index < -0.39 is 11.9 Å². The number of ether oxygens (including phenoxy) is 2. The van der Waals surface area contributed by atoms with Crippen LogP contribution in [0.2, 0.25) is 0 Å². The number of aliphatic hydroxyl groups is 2. The summed E-state index contributed by atoms with van der Waals surface area (Å²) in [5.41, 5.74) is 0. The van der Waals surface area contributed by atoms with Gasteiger partial charge < -0.3 is 19.7 Å². The normalized spacial score (nSPS) is 13.5.